The minimum atomic E-state index is -4.72. The van der Waals surface area contributed by atoms with Gasteiger partial charge in [-0.05, 0) is 64.2 Å². The van der Waals surface area contributed by atoms with Crippen molar-refractivity contribution in [3.63, 3.8) is 0 Å². The van der Waals surface area contributed by atoms with Crippen LogP contribution in [0.15, 0.2) is 24.3 Å². The number of esters is 2. The molecule has 0 aliphatic carbocycles. The topological polar surface area (TPSA) is 184 Å². The highest BCUT2D eigenvalue weighted by molar-refractivity contribution is 7.47. The van der Waals surface area contributed by atoms with Crippen molar-refractivity contribution in [3.05, 3.63) is 24.3 Å². The summed E-state index contributed by atoms with van der Waals surface area (Å²) in [4.78, 5) is 46.0. The van der Waals surface area contributed by atoms with Gasteiger partial charge < -0.3 is 29.9 Å². The number of carboxylic acids is 1. The Morgan fingerprint density at radius 3 is 1.67 bits per heavy atom. The summed E-state index contributed by atoms with van der Waals surface area (Å²) in [6, 6.07) is -1.53. The van der Waals surface area contributed by atoms with Gasteiger partial charge in [-0.15, -0.1) is 0 Å². The maximum absolute atomic E-state index is 12.6. The van der Waals surface area contributed by atoms with Gasteiger partial charge in [-0.25, -0.2) is 4.57 Å². The van der Waals surface area contributed by atoms with Gasteiger partial charge in [0.05, 0.1) is 25.4 Å². The third-order valence-electron chi connectivity index (χ3n) is 10.1. The molecule has 0 aromatic carbocycles. The first-order valence-corrected chi connectivity index (χ1v) is 24.0. The maximum Gasteiger partial charge on any atom is 0.472 e. The molecule has 1 aliphatic rings. The number of phosphoric acid groups is 1. The Labute approximate surface area is 345 Å². The molecule has 0 saturated carbocycles. The van der Waals surface area contributed by atoms with Crippen LogP contribution in [0, 0.1) is 0 Å². The summed E-state index contributed by atoms with van der Waals surface area (Å²) in [6.45, 7) is 2.75. The summed E-state index contributed by atoms with van der Waals surface area (Å²) in [7, 11) is -4.72. The Morgan fingerprint density at radius 2 is 1.11 bits per heavy atom. The highest BCUT2D eigenvalue weighted by atomic mass is 31.2. The third kappa shape index (κ3) is 33.4. The normalized spacial score (nSPS) is 17.5. The Hall–Kier alpha value is -2.08. The van der Waals surface area contributed by atoms with Crippen LogP contribution in [-0.4, -0.2) is 72.1 Å². The first-order valence-electron chi connectivity index (χ1n) is 22.5. The molecule has 13 heteroatoms. The van der Waals surface area contributed by atoms with E-state index in [0.717, 1.165) is 70.6 Å². The summed E-state index contributed by atoms with van der Waals surface area (Å²) in [5, 5.41) is 8.89. The SMILES string of the molecule is CCCCCCCC/C=C\CCCCCCCCCC(=O)O[C@H](COC(=O)CCCCCCC/C=C\CC1OC1CCCCC)COP(=O)(O)OC[C@H](N)C(=O)O. The molecule has 0 spiro atoms. The molecule has 332 valence electrons. The zero-order valence-electron chi connectivity index (χ0n) is 35.6. The van der Waals surface area contributed by atoms with Crippen LogP contribution >= 0.6 is 7.82 Å². The monoisotopic (exact) mass is 830 g/mol. The summed E-state index contributed by atoms with van der Waals surface area (Å²) in [6.07, 6.45) is 38.4. The molecule has 3 unspecified atom stereocenters. The van der Waals surface area contributed by atoms with E-state index in [1.807, 2.05) is 0 Å². The minimum absolute atomic E-state index is 0.152. The number of ether oxygens (including phenoxy) is 3. The van der Waals surface area contributed by atoms with Gasteiger partial charge in [-0.2, -0.15) is 0 Å². The molecule has 0 bridgehead atoms. The van der Waals surface area contributed by atoms with Crippen molar-refractivity contribution in [3.8, 4) is 0 Å². The second-order valence-corrected chi connectivity index (χ2v) is 17.0. The molecule has 0 radical (unpaired) electrons. The van der Waals surface area contributed by atoms with Crippen molar-refractivity contribution < 1.29 is 52.2 Å². The van der Waals surface area contributed by atoms with Crippen LogP contribution in [0.1, 0.15) is 194 Å². The van der Waals surface area contributed by atoms with E-state index >= 15 is 0 Å². The van der Waals surface area contributed by atoms with E-state index in [1.54, 1.807) is 0 Å². The highest BCUT2D eigenvalue weighted by Crippen LogP contribution is 2.43. The summed E-state index contributed by atoms with van der Waals surface area (Å²) >= 11 is 0. The van der Waals surface area contributed by atoms with Crippen molar-refractivity contribution in [2.24, 2.45) is 5.73 Å². The fourth-order valence-corrected chi connectivity index (χ4v) is 7.20. The summed E-state index contributed by atoms with van der Waals surface area (Å²) < 4.78 is 38.5. The lowest BCUT2D eigenvalue weighted by Crippen LogP contribution is -2.34. The van der Waals surface area contributed by atoms with Crippen molar-refractivity contribution in [2.75, 3.05) is 19.8 Å². The number of hydrogen-bond acceptors (Lipinski definition) is 10. The molecular weight excluding hydrogens is 749 g/mol. The van der Waals surface area contributed by atoms with Gasteiger partial charge >= 0.3 is 25.7 Å². The van der Waals surface area contributed by atoms with E-state index in [4.69, 9.17) is 29.6 Å². The number of carbonyl (C=O) groups is 3. The predicted molar refractivity (Wildman–Crippen MR) is 226 cm³/mol. The highest BCUT2D eigenvalue weighted by Gasteiger charge is 2.36. The van der Waals surface area contributed by atoms with Crippen LogP contribution in [0.5, 0.6) is 0 Å². The van der Waals surface area contributed by atoms with Gasteiger partial charge in [0.1, 0.15) is 12.6 Å². The lowest BCUT2D eigenvalue weighted by atomic mass is 10.1. The smallest absolute Gasteiger partial charge is 0.472 e. The first-order chi connectivity index (χ1) is 27.6. The first kappa shape index (κ1) is 52.9. The average molecular weight is 830 g/mol. The number of unbranched alkanes of at least 4 members (excludes halogenated alkanes) is 20. The molecule has 1 saturated heterocycles. The molecule has 1 rings (SSSR count). The van der Waals surface area contributed by atoms with Crippen molar-refractivity contribution in [2.45, 2.75) is 218 Å². The number of epoxide rings is 1. The van der Waals surface area contributed by atoms with Gasteiger partial charge in [-0.3, -0.25) is 23.4 Å². The Kier molecular flexibility index (Phi) is 33.3. The molecule has 0 aromatic rings. The minimum Gasteiger partial charge on any atom is -0.480 e. The van der Waals surface area contributed by atoms with E-state index in [2.05, 4.69) is 42.7 Å². The number of nitrogens with two attached hydrogens (primary N) is 1. The quantitative estimate of drug-likeness (QED) is 0.0174. The van der Waals surface area contributed by atoms with E-state index in [0.29, 0.717) is 25.0 Å². The Morgan fingerprint density at radius 1 is 0.632 bits per heavy atom. The van der Waals surface area contributed by atoms with Gasteiger partial charge in [0, 0.05) is 12.8 Å². The fourth-order valence-electron chi connectivity index (χ4n) is 6.42. The predicted octanol–water partition coefficient (Wildman–Crippen LogP) is 10.8. The lowest BCUT2D eigenvalue weighted by Gasteiger charge is -2.20. The van der Waals surface area contributed by atoms with Crippen LogP contribution in [-0.2, 0) is 42.2 Å². The average Bonchev–Trinajstić information content (AvgIpc) is 3.94. The number of carbonyl (C=O) groups excluding carboxylic acids is 2. The van der Waals surface area contributed by atoms with Gasteiger partial charge in [0.15, 0.2) is 6.10 Å². The Balaban J connectivity index is 2.27. The number of phosphoric ester groups is 1. The molecule has 5 atom stereocenters. The molecule has 12 nitrogen and oxygen atoms in total. The van der Waals surface area contributed by atoms with E-state index in [9.17, 15) is 23.8 Å². The van der Waals surface area contributed by atoms with Gasteiger partial charge in [0.2, 0.25) is 0 Å². The van der Waals surface area contributed by atoms with Gasteiger partial charge in [-0.1, -0.05) is 141 Å². The van der Waals surface area contributed by atoms with Gasteiger partial charge in [0.25, 0.3) is 0 Å². The Bertz CT molecular complexity index is 1130. The van der Waals surface area contributed by atoms with Crippen molar-refractivity contribution >= 4 is 25.7 Å². The number of carboxylic acid groups (broad SMARTS) is 1. The molecule has 0 amide bonds. The number of allylic oxidation sites excluding steroid dienone is 3. The third-order valence-corrected chi connectivity index (χ3v) is 11.0. The second-order valence-electron chi connectivity index (χ2n) is 15.6. The van der Waals surface area contributed by atoms with Crippen molar-refractivity contribution in [1.82, 2.24) is 0 Å². The molecule has 4 N–H and O–H groups in total. The van der Waals surface area contributed by atoms with Crippen LogP contribution in [0.3, 0.4) is 0 Å². The molecular formula is C44H80NO11P. The van der Waals surface area contributed by atoms with Crippen LogP contribution < -0.4 is 5.73 Å². The number of rotatable bonds is 41. The molecule has 1 aliphatic heterocycles. The standard InChI is InChI=1S/C44H80NO11P/c1-3-5-7-8-9-10-11-12-13-14-15-16-17-18-23-26-30-34-43(47)55-38(36-53-57(50,51)54-37-39(45)44(48)49)35-52-42(46)33-29-25-22-20-19-21-24-28-32-41-40(56-41)31-27-6-4-2/h12-13,24,28,38-41H,3-11,14-23,25-27,29-37,45H2,1-2H3,(H,48,49)(H,50,51)/b13-12-,28-24-/t38-,39+,40?,41?/m1/s1. The summed E-state index contributed by atoms with van der Waals surface area (Å²) in [5.74, 6) is -2.40. The largest absolute Gasteiger partial charge is 0.480 e. The zero-order valence-corrected chi connectivity index (χ0v) is 36.5. The number of hydrogen-bond donors (Lipinski definition) is 3. The maximum atomic E-state index is 12.6. The van der Waals surface area contributed by atoms with Crippen LogP contribution in [0.25, 0.3) is 0 Å². The fraction of sp³-hybridized carbons (Fsp3) is 0.841. The van der Waals surface area contributed by atoms with E-state index in [-0.39, 0.29) is 19.4 Å². The molecule has 1 heterocycles. The molecule has 57 heavy (non-hydrogen) atoms. The number of aliphatic carboxylic acids is 1. The lowest BCUT2D eigenvalue weighted by molar-refractivity contribution is -0.161. The van der Waals surface area contributed by atoms with Crippen LogP contribution in [0.2, 0.25) is 0 Å². The zero-order chi connectivity index (χ0) is 41.8. The van der Waals surface area contributed by atoms with E-state index in [1.165, 1.54) is 83.5 Å². The molecule has 0 aromatic heterocycles. The molecule has 1 fully saturated rings. The second kappa shape index (κ2) is 35.8. The van der Waals surface area contributed by atoms with Crippen LogP contribution in [0.4, 0.5) is 0 Å². The summed E-state index contributed by atoms with van der Waals surface area (Å²) in [5.41, 5.74) is 5.34. The van der Waals surface area contributed by atoms with E-state index < -0.39 is 51.1 Å². The van der Waals surface area contributed by atoms with Crippen molar-refractivity contribution in [1.29, 1.82) is 0 Å².